The third-order valence-electron chi connectivity index (χ3n) is 1.91. The fourth-order valence-electron chi connectivity index (χ4n) is 1.12. The second-order valence-electron chi connectivity index (χ2n) is 3.45. The van der Waals surface area contributed by atoms with E-state index in [9.17, 15) is 9.59 Å². The summed E-state index contributed by atoms with van der Waals surface area (Å²) in [6.07, 6.45) is 1.14. The molecular formula is C12H10Cl2N2O3. The minimum absolute atomic E-state index is 0.167. The Kier molecular flexibility index (Phi) is 5.54. The first kappa shape index (κ1) is 15.2. The fourth-order valence-corrected chi connectivity index (χ4v) is 1.30. The Bertz CT molecular complexity index is 551. The molecule has 2 N–H and O–H groups in total. The van der Waals surface area contributed by atoms with Gasteiger partial charge < -0.3 is 10.4 Å². The van der Waals surface area contributed by atoms with Crippen molar-refractivity contribution < 1.29 is 14.7 Å². The molecule has 0 unspecified atom stereocenters. The summed E-state index contributed by atoms with van der Waals surface area (Å²) in [5, 5.41) is 10.5. The van der Waals surface area contributed by atoms with Crippen molar-refractivity contribution in [1.29, 1.82) is 0 Å². The highest BCUT2D eigenvalue weighted by molar-refractivity contribution is 6.51. The summed E-state index contributed by atoms with van der Waals surface area (Å²) < 4.78 is 0. The van der Waals surface area contributed by atoms with Gasteiger partial charge in [0, 0.05) is 18.8 Å². The Labute approximate surface area is 119 Å². The molecule has 0 saturated heterocycles. The highest BCUT2D eigenvalue weighted by Gasteiger charge is 2.07. The van der Waals surface area contributed by atoms with Crippen LogP contribution in [-0.2, 0) is 9.59 Å². The predicted molar refractivity (Wildman–Crippen MR) is 75.3 cm³/mol. The molecule has 1 amide bonds. The maximum Gasteiger partial charge on any atom is 0.348 e. The quantitative estimate of drug-likeness (QED) is 0.662. The number of allylic oxidation sites excluding steroid dienone is 1. The lowest BCUT2D eigenvalue weighted by molar-refractivity contribution is -0.131. The predicted octanol–water partition coefficient (Wildman–Crippen LogP) is 3.12. The Morgan fingerprint density at radius 3 is 2.32 bits per heavy atom. The lowest BCUT2D eigenvalue weighted by Crippen LogP contribution is -2.04. The van der Waals surface area contributed by atoms with Gasteiger partial charge in [0.15, 0.2) is 0 Å². The van der Waals surface area contributed by atoms with Gasteiger partial charge in [-0.1, -0.05) is 23.2 Å². The third kappa shape index (κ3) is 5.11. The minimum Gasteiger partial charge on any atom is -0.477 e. The summed E-state index contributed by atoms with van der Waals surface area (Å²) in [5.74, 6) is -1.49. The summed E-state index contributed by atoms with van der Waals surface area (Å²) in [4.78, 5) is 25.3. The van der Waals surface area contributed by atoms with E-state index in [2.05, 4.69) is 10.3 Å². The molecule has 19 heavy (non-hydrogen) atoms. The maximum absolute atomic E-state index is 10.8. The highest BCUT2D eigenvalue weighted by atomic mass is 35.5. The van der Waals surface area contributed by atoms with Crippen LogP contribution in [0.2, 0.25) is 0 Å². The van der Waals surface area contributed by atoms with Crippen molar-refractivity contribution in [3.8, 4) is 0 Å². The SMILES string of the molecule is CC(=O)Nc1ccc(/N=C/C(Cl)=C(\Cl)C(=O)O)cc1. The van der Waals surface area contributed by atoms with Gasteiger partial charge in [-0.25, -0.2) is 4.79 Å². The van der Waals surface area contributed by atoms with Crippen LogP contribution in [0.15, 0.2) is 39.3 Å². The Morgan fingerprint density at radius 1 is 1.26 bits per heavy atom. The molecule has 5 nitrogen and oxygen atoms in total. The van der Waals surface area contributed by atoms with Crippen molar-refractivity contribution in [2.75, 3.05) is 5.32 Å². The Hall–Kier alpha value is -1.85. The zero-order valence-electron chi connectivity index (χ0n) is 9.85. The van der Waals surface area contributed by atoms with Gasteiger partial charge in [0.1, 0.15) is 5.03 Å². The van der Waals surface area contributed by atoms with E-state index in [4.69, 9.17) is 28.3 Å². The number of halogens is 2. The van der Waals surface area contributed by atoms with E-state index < -0.39 is 11.0 Å². The van der Waals surface area contributed by atoms with Crippen molar-refractivity contribution in [2.24, 2.45) is 4.99 Å². The summed E-state index contributed by atoms with van der Waals surface area (Å²) in [5.41, 5.74) is 1.18. The van der Waals surface area contributed by atoms with E-state index in [1.807, 2.05) is 0 Å². The van der Waals surface area contributed by atoms with Crippen LogP contribution in [0, 0.1) is 0 Å². The smallest absolute Gasteiger partial charge is 0.348 e. The summed E-state index contributed by atoms with van der Waals surface area (Å²) in [6, 6.07) is 6.59. The van der Waals surface area contributed by atoms with Crippen LogP contribution in [0.1, 0.15) is 6.92 Å². The van der Waals surface area contributed by atoms with Crippen molar-refractivity contribution in [3.63, 3.8) is 0 Å². The number of aliphatic imine (C=N–C) groups is 1. The molecule has 0 radical (unpaired) electrons. The summed E-state index contributed by atoms with van der Waals surface area (Å²) >= 11 is 11.1. The van der Waals surface area contributed by atoms with Gasteiger partial charge in [0.05, 0.1) is 10.7 Å². The van der Waals surface area contributed by atoms with Gasteiger partial charge >= 0.3 is 5.97 Å². The molecule has 0 heterocycles. The molecule has 7 heteroatoms. The van der Waals surface area contributed by atoms with Gasteiger partial charge in [0.2, 0.25) is 5.91 Å². The van der Waals surface area contributed by atoms with Crippen molar-refractivity contribution in [1.82, 2.24) is 0 Å². The molecule has 1 aromatic rings. The molecule has 1 rings (SSSR count). The first-order valence-electron chi connectivity index (χ1n) is 5.10. The number of anilines is 1. The topological polar surface area (TPSA) is 78.8 Å². The normalized spacial score (nSPS) is 12.2. The molecule has 0 fully saturated rings. The monoisotopic (exact) mass is 300 g/mol. The number of hydrogen-bond acceptors (Lipinski definition) is 3. The third-order valence-corrected chi connectivity index (χ3v) is 2.66. The molecule has 1 aromatic carbocycles. The van der Waals surface area contributed by atoms with Crippen LogP contribution in [-0.4, -0.2) is 23.2 Å². The van der Waals surface area contributed by atoms with Gasteiger partial charge in [0.25, 0.3) is 0 Å². The average Bonchev–Trinajstić information content (AvgIpc) is 2.35. The first-order chi connectivity index (χ1) is 8.90. The number of amides is 1. The molecule has 0 aliphatic carbocycles. The van der Waals surface area contributed by atoms with E-state index in [1.54, 1.807) is 24.3 Å². The summed E-state index contributed by atoms with van der Waals surface area (Å²) in [6.45, 7) is 1.41. The lowest BCUT2D eigenvalue weighted by Gasteiger charge is -2.01. The van der Waals surface area contributed by atoms with Crippen LogP contribution >= 0.6 is 23.2 Å². The highest BCUT2D eigenvalue weighted by Crippen LogP contribution is 2.18. The van der Waals surface area contributed by atoms with Crippen molar-refractivity contribution in [3.05, 3.63) is 34.3 Å². The number of carbonyl (C=O) groups excluding carboxylic acids is 1. The van der Waals surface area contributed by atoms with Crippen molar-refractivity contribution in [2.45, 2.75) is 6.92 Å². The number of aliphatic carboxylic acids is 1. The second kappa shape index (κ2) is 6.92. The molecule has 0 saturated carbocycles. The van der Waals surface area contributed by atoms with Gasteiger partial charge in [-0.05, 0) is 24.3 Å². The zero-order valence-corrected chi connectivity index (χ0v) is 11.4. The average molecular weight is 301 g/mol. The summed E-state index contributed by atoms with van der Waals surface area (Å²) in [7, 11) is 0. The zero-order chi connectivity index (χ0) is 14.4. The number of benzene rings is 1. The van der Waals surface area contributed by atoms with Gasteiger partial charge in [-0.2, -0.15) is 0 Å². The number of rotatable bonds is 4. The molecule has 0 aromatic heterocycles. The van der Waals surface area contributed by atoms with E-state index in [0.29, 0.717) is 11.4 Å². The van der Waals surface area contributed by atoms with E-state index >= 15 is 0 Å². The largest absolute Gasteiger partial charge is 0.477 e. The fraction of sp³-hybridized carbons (Fsp3) is 0.0833. The standard InChI is InChI=1S/C12H10Cl2N2O3/c1-7(17)16-9-4-2-8(3-5-9)15-6-10(13)11(14)12(18)19/h2-6H,1H3,(H,16,17)(H,18,19)/b11-10+,15-6+. The number of carboxylic acids is 1. The van der Waals surface area contributed by atoms with E-state index in [0.717, 1.165) is 6.21 Å². The minimum atomic E-state index is -1.32. The molecule has 0 aliphatic heterocycles. The molecule has 0 bridgehead atoms. The molecule has 0 spiro atoms. The molecular weight excluding hydrogens is 291 g/mol. The second-order valence-corrected chi connectivity index (χ2v) is 4.24. The molecule has 0 atom stereocenters. The Balaban J connectivity index is 2.81. The van der Waals surface area contributed by atoms with E-state index in [-0.39, 0.29) is 10.9 Å². The first-order valence-corrected chi connectivity index (χ1v) is 5.86. The number of nitrogens with zero attached hydrogens (tertiary/aromatic N) is 1. The van der Waals surface area contributed by atoms with Crippen LogP contribution in [0.5, 0.6) is 0 Å². The number of hydrogen-bond donors (Lipinski definition) is 2. The molecule has 100 valence electrons. The van der Waals surface area contributed by atoms with Crippen LogP contribution in [0.3, 0.4) is 0 Å². The number of carbonyl (C=O) groups is 2. The van der Waals surface area contributed by atoms with Crippen LogP contribution < -0.4 is 5.32 Å². The van der Waals surface area contributed by atoms with Gasteiger partial charge in [-0.15, -0.1) is 0 Å². The maximum atomic E-state index is 10.8. The van der Waals surface area contributed by atoms with Crippen molar-refractivity contribution >= 4 is 52.7 Å². The van der Waals surface area contributed by atoms with E-state index in [1.165, 1.54) is 6.92 Å². The van der Waals surface area contributed by atoms with Crippen LogP contribution in [0.4, 0.5) is 11.4 Å². The molecule has 0 aliphatic rings. The number of carboxylic acid groups (broad SMARTS) is 1. The van der Waals surface area contributed by atoms with Crippen LogP contribution in [0.25, 0.3) is 0 Å². The number of nitrogens with one attached hydrogen (secondary N) is 1. The van der Waals surface area contributed by atoms with Gasteiger partial charge in [-0.3, -0.25) is 9.79 Å². The Morgan fingerprint density at radius 2 is 1.84 bits per heavy atom. The lowest BCUT2D eigenvalue weighted by atomic mass is 10.3.